The van der Waals surface area contributed by atoms with Gasteiger partial charge in [-0.15, -0.1) is 0 Å². The summed E-state index contributed by atoms with van der Waals surface area (Å²) in [6, 6.07) is 7.85. The van der Waals surface area contributed by atoms with Gasteiger partial charge in [0.2, 0.25) is 10.0 Å². The van der Waals surface area contributed by atoms with E-state index in [0.717, 1.165) is 38.5 Å². The molecule has 2 aromatic rings. The van der Waals surface area contributed by atoms with Gasteiger partial charge >= 0.3 is 5.97 Å². The number of aromatic carboxylic acids is 1. The van der Waals surface area contributed by atoms with Gasteiger partial charge in [-0.2, -0.15) is 4.31 Å². The van der Waals surface area contributed by atoms with Crippen molar-refractivity contribution in [3.63, 3.8) is 0 Å². The van der Waals surface area contributed by atoms with Crippen LogP contribution in [0.3, 0.4) is 0 Å². The van der Waals surface area contributed by atoms with E-state index in [9.17, 15) is 18.3 Å². The second-order valence-electron chi connectivity index (χ2n) is 8.29. The molecule has 0 amide bonds. The number of piperidine rings is 1. The van der Waals surface area contributed by atoms with Crippen molar-refractivity contribution in [3.05, 3.63) is 53.3 Å². The van der Waals surface area contributed by atoms with E-state index in [4.69, 9.17) is 11.6 Å². The molecule has 2 aliphatic heterocycles. The fraction of sp³-hybridized carbons (Fsp3) is 0.455. The van der Waals surface area contributed by atoms with Crippen LogP contribution < -0.4 is 4.90 Å². The van der Waals surface area contributed by atoms with Crippen LogP contribution in [0.15, 0.2) is 47.6 Å². The molecule has 32 heavy (non-hydrogen) atoms. The molecule has 0 unspecified atom stereocenters. The van der Waals surface area contributed by atoms with Crippen LogP contribution in [0, 0.1) is 5.92 Å². The summed E-state index contributed by atoms with van der Waals surface area (Å²) < 4.78 is 27.5. The first-order valence-electron chi connectivity index (χ1n) is 10.7. The molecule has 3 heterocycles. The number of hydrogen-bond acceptors (Lipinski definition) is 6. The zero-order valence-corrected chi connectivity index (χ0v) is 19.3. The van der Waals surface area contributed by atoms with E-state index in [1.54, 1.807) is 0 Å². The van der Waals surface area contributed by atoms with Crippen LogP contribution in [-0.2, 0) is 10.0 Å². The Balaban J connectivity index is 1.31. The molecule has 1 N–H and O–H groups in total. The predicted octanol–water partition coefficient (Wildman–Crippen LogP) is 2.66. The largest absolute Gasteiger partial charge is 0.478 e. The molecule has 10 heteroatoms. The Hall–Kier alpha value is -2.20. The smallest absolute Gasteiger partial charge is 0.335 e. The standard InChI is InChI=1S/C22H27ClN4O4S/c23-20-2-1-18(22(28)29)15-21(20)32(30,31)27-13-11-25(12-14-27)16-17-5-9-26(10-6-17)19-3-7-24-8-4-19/h1-4,7-8,15,17H,5-6,9-14,16H2,(H,28,29). The number of carboxylic acid groups (broad SMARTS) is 1. The highest BCUT2D eigenvalue weighted by molar-refractivity contribution is 7.89. The van der Waals surface area contributed by atoms with Gasteiger partial charge in [0.25, 0.3) is 0 Å². The van der Waals surface area contributed by atoms with Crippen molar-refractivity contribution in [1.29, 1.82) is 0 Å². The molecule has 0 saturated carbocycles. The zero-order chi connectivity index (χ0) is 22.7. The highest BCUT2D eigenvalue weighted by atomic mass is 35.5. The van der Waals surface area contributed by atoms with E-state index >= 15 is 0 Å². The third-order valence-electron chi connectivity index (χ3n) is 6.29. The molecule has 0 spiro atoms. The Kier molecular flexibility index (Phi) is 6.99. The molecule has 0 radical (unpaired) electrons. The molecule has 0 aliphatic carbocycles. The summed E-state index contributed by atoms with van der Waals surface area (Å²) in [6.07, 6.45) is 5.86. The summed E-state index contributed by atoms with van der Waals surface area (Å²) >= 11 is 6.10. The maximum atomic E-state index is 13.1. The first-order chi connectivity index (χ1) is 15.3. The Labute approximate surface area is 193 Å². The van der Waals surface area contributed by atoms with Gasteiger partial charge < -0.3 is 14.9 Å². The van der Waals surface area contributed by atoms with Crippen LogP contribution in [0.2, 0.25) is 5.02 Å². The lowest BCUT2D eigenvalue weighted by Crippen LogP contribution is -2.50. The highest BCUT2D eigenvalue weighted by Crippen LogP contribution is 2.28. The summed E-state index contributed by atoms with van der Waals surface area (Å²) in [7, 11) is -3.84. The first-order valence-corrected chi connectivity index (χ1v) is 12.6. The number of nitrogens with zero attached hydrogens (tertiary/aromatic N) is 4. The van der Waals surface area contributed by atoms with Crippen LogP contribution in [0.1, 0.15) is 23.2 Å². The van der Waals surface area contributed by atoms with Crippen molar-refractivity contribution in [1.82, 2.24) is 14.2 Å². The van der Waals surface area contributed by atoms with Gasteiger partial charge in [-0.25, -0.2) is 13.2 Å². The minimum atomic E-state index is -3.84. The topological polar surface area (TPSA) is 94.0 Å². The number of carboxylic acids is 1. The van der Waals surface area contributed by atoms with E-state index < -0.39 is 16.0 Å². The third-order valence-corrected chi connectivity index (χ3v) is 8.67. The number of benzene rings is 1. The van der Waals surface area contributed by atoms with Crippen LogP contribution in [0.5, 0.6) is 0 Å². The Morgan fingerprint density at radius 3 is 2.31 bits per heavy atom. The van der Waals surface area contributed by atoms with Crippen molar-refractivity contribution in [3.8, 4) is 0 Å². The van der Waals surface area contributed by atoms with Gasteiger partial charge in [0, 0.05) is 63.9 Å². The number of piperazine rings is 1. The molecule has 1 aromatic heterocycles. The molecule has 2 aliphatic rings. The second kappa shape index (κ2) is 9.74. The maximum Gasteiger partial charge on any atom is 0.335 e. The Morgan fingerprint density at radius 2 is 1.69 bits per heavy atom. The number of carbonyl (C=O) groups is 1. The quantitative estimate of drug-likeness (QED) is 0.682. The summed E-state index contributed by atoms with van der Waals surface area (Å²) in [5.74, 6) is -0.587. The van der Waals surface area contributed by atoms with Crippen molar-refractivity contribution in [2.45, 2.75) is 17.7 Å². The molecular formula is C22H27ClN4O4S. The van der Waals surface area contributed by atoms with Crippen LogP contribution in [0.25, 0.3) is 0 Å². The third kappa shape index (κ3) is 5.06. The van der Waals surface area contributed by atoms with Gasteiger partial charge in [0.1, 0.15) is 4.90 Å². The predicted molar refractivity (Wildman–Crippen MR) is 123 cm³/mol. The van der Waals surface area contributed by atoms with E-state index in [-0.39, 0.29) is 15.5 Å². The minimum absolute atomic E-state index is 0.0402. The number of pyridine rings is 1. The monoisotopic (exact) mass is 478 g/mol. The molecule has 0 atom stereocenters. The van der Waals surface area contributed by atoms with E-state index in [1.165, 1.54) is 22.1 Å². The van der Waals surface area contributed by atoms with Crippen molar-refractivity contribution in [2.75, 3.05) is 50.7 Å². The summed E-state index contributed by atoms with van der Waals surface area (Å²) in [4.78, 5) is 19.9. The molecule has 172 valence electrons. The average Bonchev–Trinajstić information content (AvgIpc) is 2.80. The van der Waals surface area contributed by atoms with Crippen LogP contribution in [-0.4, -0.2) is 79.5 Å². The molecule has 2 fully saturated rings. The minimum Gasteiger partial charge on any atom is -0.478 e. The van der Waals surface area contributed by atoms with Gasteiger partial charge in [0.15, 0.2) is 0 Å². The molecule has 0 bridgehead atoms. The van der Waals surface area contributed by atoms with Gasteiger partial charge in [-0.3, -0.25) is 4.98 Å². The SMILES string of the molecule is O=C(O)c1ccc(Cl)c(S(=O)(=O)N2CCN(CC3CCN(c4ccncc4)CC3)CC2)c1. The van der Waals surface area contributed by atoms with Crippen molar-refractivity contribution < 1.29 is 18.3 Å². The fourth-order valence-electron chi connectivity index (χ4n) is 4.42. The maximum absolute atomic E-state index is 13.1. The number of halogens is 1. The number of anilines is 1. The molecule has 2 saturated heterocycles. The van der Waals surface area contributed by atoms with Gasteiger partial charge in [-0.05, 0) is 49.1 Å². The zero-order valence-electron chi connectivity index (χ0n) is 17.7. The molecular weight excluding hydrogens is 452 g/mol. The van der Waals surface area contributed by atoms with Gasteiger partial charge in [0.05, 0.1) is 10.6 Å². The number of aromatic nitrogens is 1. The lowest BCUT2D eigenvalue weighted by molar-refractivity contribution is 0.0696. The lowest BCUT2D eigenvalue weighted by Gasteiger charge is -2.39. The normalized spacial score (nSPS) is 19.2. The number of rotatable bonds is 6. The number of hydrogen-bond donors (Lipinski definition) is 1. The Bertz CT molecular complexity index is 1050. The Morgan fingerprint density at radius 1 is 1.03 bits per heavy atom. The van der Waals surface area contributed by atoms with E-state index in [2.05, 4.69) is 14.8 Å². The first kappa shape index (κ1) is 23.0. The van der Waals surface area contributed by atoms with E-state index in [0.29, 0.717) is 32.1 Å². The summed E-state index contributed by atoms with van der Waals surface area (Å²) in [5, 5.41) is 9.22. The van der Waals surface area contributed by atoms with Gasteiger partial charge in [-0.1, -0.05) is 11.6 Å². The van der Waals surface area contributed by atoms with Crippen molar-refractivity contribution >= 4 is 33.3 Å². The fourth-order valence-corrected chi connectivity index (χ4v) is 6.34. The lowest BCUT2D eigenvalue weighted by atomic mass is 9.95. The molecule has 4 rings (SSSR count). The van der Waals surface area contributed by atoms with Crippen molar-refractivity contribution in [2.24, 2.45) is 5.92 Å². The van der Waals surface area contributed by atoms with Crippen LogP contribution in [0.4, 0.5) is 5.69 Å². The molecule has 8 nitrogen and oxygen atoms in total. The van der Waals surface area contributed by atoms with Crippen LogP contribution >= 0.6 is 11.6 Å². The molecule has 1 aromatic carbocycles. The highest BCUT2D eigenvalue weighted by Gasteiger charge is 2.32. The average molecular weight is 479 g/mol. The summed E-state index contributed by atoms with van der Waals surface area (Å²) in [6.45, 7) is 5.04. The number of sulfonamides is 1. The van der Waals surface area contributed by atoms with E-state index in [1.807, 2.05) is 24.5 Å². The summed E-state index contributed by atoms with van der Waals surface area (Å²) in [5.41, 5.74) is 1.12. The second-order valence-corrected chi connectivity index (χ2v) is 10.6.